The van der Waals surface area contributed by atoms with Gasteiger partial charge >= 0.3 is 0 Å². The van der Waals surface area contributed by atoms with Crippen LogP contribution >= 0.6 is 0 Å². The Hall–Kier alpha value is -2.99. The summed E-state index contributed by atoms with van der Waals surface area (Å²) in [5.41, 5.74) is 2.44. The number of rotatable bonds is 9. The smallest absolute Gasteiger partial charge is 0.259 e. The molecule has 3 rings (SSSR count). The van der Waals surface area contributed by atoms with Crippen LogP contribution in [-0.2, 0) is 6.54 Å². The van der Waals surface area contributed by atoms with Crippen LogP contribution in [0, 0.1) is 18.8 Å². The summed E-state index contributed by atoms with van der Waals surface area (Å²) in [6, 6.07) is 10.5. The molecule has 3 aromatic rings. The normalized spacial score (nSPS) is 11.7. The first-order chi connectivity index (χ1) is 15.2. The van der Waals surface area contributed by atoms with E-state index in [4.69, 9.17) is 9.15 Å². The molecule has 1 aromatic heterocycles. The number of nitrogens with zero attached hydrogens (tertiary/aromatic N) is 1. The lowest BCUT2D eigenvalue weighted by Gasteiger charge is -2.26. The number of carbonyl (C=O) groups excluding carboxylic acids is 1. The van der Waals surface area contributed by atoms with E-state index in [2.05, 4.69) is 37.9 Å². The first-order valence-electron chi connectivity index (χ1n) is 11.1. The fourth-order valence-electron chi connectivity index (χ4n) is 4.13. The molecule has 1 heterocycles. The number of benzene rings is 2. The van der Waals surface area contributed by atoms with E-state index >= 15 is 0 Å². The minimum Gasteiger partial charge on any atom is -0.508 e. The highest BCUT2D eigenvalue weighted by Gasteiger charge is 2.24. The van der Waals surface area contributed by atoms with E-state index in [9.17, 15) is 9.90 Å². The molecule has 6 heteroatoms. The SMILES string of the molecule is COc1ccc(NC(=O)c2c(C)oc3ccc(O)c(CN(CC(C)C)CC(C)C)c23)cc1. The van der Waals surface area contributed by atoms with Gasteiger partial charge in [-0.25, -0.2) is 0 Å². The van der Waals surface area contributed by atoms with Gasteiger partial charge in [0.05, 0.1) is 12.7 Å². The van der Waals surface area contributed by atoms with Crippen LogP contribution in [-0.4, -0.2) is 36.1 Å². The molecule has 32 heavy (non-hydrogen) atoms. The summed E-state index contributed by atoms with van der Waals surface area (Å²) in [5.74, 6) is 2.12. The van der Waals surface area contributed by atoms with Gasteiger partial charge in [0.25, 0.3) is 5.91 Å². The molecule has 6 nitrogen and oxygen atoms in total. The van der Waals surface area contributed by atoms with Crippen LogP contribution < -0.4 is 10.1 Å². The molecule has 0 aliphatic heterocycles. The number of anilines is 1. The lowest BCUT2D eigenvalue weighted by molar-refractivity contribution is 0.102. The summed E-state index contributed by atoms with van der Waals surface area (Å²) in [6.45, 7) is 12.9. The van der Waals surface area contributed by atoms with Crippen molar-refractivity contribution >= 4 is 22.6 Å². The van der Waals surface area contributed by atoms with Gasteiger partial charge in [-0.1, -0.05) is 27.7 Å². The molecule has 0 radical (unpaired) electrons. The molecule has 0 aliphatic rings. The van der Waals surface area contributed by atoms with E-state index in [1.807, 2.05) is 0 Å². The van der Waals surface area contributed by atoms with Crippen molar-refractivity contribution in [2.75, 3.05) is 25.5 Å². The number of phenols is 1. The molecule has 0 bridgehead atoms. The van der Waals surface area contributed by atoms with Gasteiger partial charge in [-0.05, 0) is 55.2 Å². The van der Waals surface area contributed by atoms with Crippen LogP contribution in [0.4, 0.5) is 5.69 Å². The molecule has 0 saturated heterocycles. The molecule has 0 unspecified atom stereocenters. The summed E-state index contributed by atoms with van der Waals surface area (Å²) < 4.78 is 11.1. The molecule has 0 fully saturated rings. The van der Waals surface area contributed by atoms with E-state index in [0.29, 0.717) is 46.4 Å². The third-order valence-corrected chi connectivity index (χ3v) is 5.32. The molecular formula is C26H34N2O4. The minimum atomic E-state index is -0.266. The van der Waals surface area contributed by atoms with Gasteiger partial charge in [0.15, 0.2) is 0 Å². The third kappa shape index (κ3) is 5.43. The molecule has 2 aromatic carbocycles. The zero-order valence-corrected chi connectivity index (χ0v) is 19.9. The Morgan fingerprint density at radius 1 is 1.06 bits per heavy atom. The Balaban J connectivity index is 2.00. The Morgan fingerprint density at radius 3 is 2.25 bits per heavy atom. The summed E-state index contributed by atoms with van der Waals surface area (Å²) >= 11 is 0. The first-order valence-corrected chi connectivity index (χ1v) is 11.1. The number of ether oxygens (including phenoxy) is 1. The van der Waals surface area contributed by atoms with Crippen LogP contribution in [0.25, 0.3) is 11.0 Å². The number of nitrogens with one attached hydrogen (secondary N) is 1. The Morgan fingerprint density at radius 2 is 1.69 bits per heavy atom. The number of amides is 1. The van der Waals surface area contributed by atoms with E-state index < -0.39 is 0 Å². The number of hydrogen-bond donors (Lipinski definition) is 2. The maximum absolute atomic E-state index is 13.3. The van der Waals surface area contributed by atoms with E-state index in [-0.39, 0.29) is 11.7 Å². The van der Waals surface area contributed by atoms with Gasteiger partial charge in [0, 0.05) is 36.3 Å². The number of furan rings is 1. The Labute approximate surface area is 190 Å². The second kappa shape index (κ2) is 10.1. The number of carbonyl (C=O) groups is 1. The quantitative estimate of drug-likeness (QED) is 0.440. The van der Waals surface area contributed by atoms with Crippen molar-refractivity contribution < 1.29 is 19.1 Å². The zero-order chi connectivity index (χ0) is 23.4. The van der Waals surface area contributed by atoms with Crippen LogP contribution in [0.15, 0.2) is 40.8 Å². The van der Waals surface area contributed by atoms with Crippen LogP contribution in [0.2, 0.25) is 0 Å². The van der Waals surface area contributed by atoms with Gasteiger partial charge in [-0.3, -0.25) is 9.69 Å². The lowest BCUT2D eigenvalue weighted by Crippen LogP contribution is -2.31. The second-order valence-electron chi connectivity index (χ2n) is 9.13. The Kier molecular flexibility index (Phi) is 7.46. The monoisotopic (exact) mass is 438 g/mol. The van der Waals surface area contributed by atoms with Crippen molar-refractivity contribution in [2.45, 2.75) is 41.2 Å². The number of fused-ring (bicyclic) bond motifs is 1. The van der Waals surface area contributed by atoms with Gasteiger partial charge in [0.2, 0.25) is 0 Å². The molecule has 2 N–H and O–H groups in total. The average Bonchev–Trinajstić information content (AvgIpc) is 3.06. The van der Waals surface area contributed by atoms with Crippen LogP contribution in [0.1, 0.15) is 49.4 Å². The fourth-order valence-corrected chi connectivity index (χ4v) is 4.13. The average molecular weight is 439 g/mol. The van der Waals surface area contributed by atoms with Crippen molar-refractivity contribution in [2.24, 2.45) is 11.8 Å². The third-order valence-electron chi connectivity index (χ3n) is 5.32. The second-order valence-corrected chi connectivity index (χ2v) is 9.13. The molecule has 172 valence electrons. The van der Waals surface area contributed by atoms with Crippen LogP contribution in [0.5, 0.6) is 11.5 Å². The molecule has 0 aliphatic carbocycles. The number of aromatic hydroxyl groups is 1. The predicted molar refractivity (Wildman–Crippen MR) is 129 cm³/mol. The minimum absolute atomic E-state index is 0.175. The molecular weight excluding hydrogens is 404 g/mol. The van der Waals surface area contributed by atoms with Gasteiger partial charge in [-0.2, -0.15) is 0 Å². The largest absolute Gasteiger partial charge is 0.508 e. The molecule has 0 spiro atoms. The summed E-state index contributed by atoms with van der Waals surface area (Å²) in [6.07, 6.45) is 0. The first kappa shape index (κ1) is 23.7. The number of hydrogen-bond acceptors (Lipinski definition) is 5. The highest BCUT2D eigenvalue weighted by molar-refractivity contribution is 6.14. The standard InChI is InChI=1S/C26H34N2O4/c1-16(2)13-28(14-17(3)4)15-21-22(29)11-12-23-25(21)24(18(5)32-23)26(30)27-19-7-9-20(31-6)10-8-19/h7-12,16-17,29H,13-15H2,1-6H3,(H,27,30). The maximum Gasteiger partial charge on any atom is 0.259 e. The number of methoxy groups -OCH3 is 1. The van der Waals surface area contributed by atoms with Crippen molar-refractivity contribution in [1.82, 2.24) is 4.90 Å². The van der Waals surface area contributed by atoms with E-state index in [1.54, 1.807) is 50.4 Å². The zero-order valence-electron chi connectivity index (χ0n) is 19.9. The summed E-state index contributed by atoms with van der Waals surface area (Å²) in [7, 11) is 1.60. The number of phenolic OH excluding ortho intramolecular Hbond substituents is 1. The van der Waals surface area contributed by atoms with Crippen molar-refractivity contribution in [3.05, 3.63) is 53.3 Å². The highest BCUT2D eigenvalue weighted by atomic mass is 16.5. The van der Waals surface area contributed by atoms with Crippen molar-refractivity contribution in [3.8, 4) is 11.5 Å². The van der Waals surface area contributed by atoms with Crippen molar-refractivity contribution in [3.63, 3.8) is 0 Å². The van der Waals surface area contributed by atoms with Gasteiger partial charge in [0.1, 0.15) is 22.8 Å². The van der Waals surface area contributed by atoms with Crippen molar-refractivity contribution in [1.29, 1.82) is 0 Å². The maximum atomic E-state index is 13.3. The van der Waals surface area contributed by atoms with Gasteiger partial charge < -0.3 is 19.6 Å². The highest BCUT2D eigenvalue weighted by Crippen LogP contribution is 2.35. The predicted octanol–water partition coefficient (Wildman–Crippen LogP) is 5.82. The molecule has 1 amide bonds. The summed E-state index contributed by atoms with van der Waals surface area (Å²) in [5, 5.41) is 14.4. The topological polar surface area (TPSA) is 74.9 Å². The summed E-state index contributed by atoms with van der Waals surface area (Å²) in [4.78, 5) is 15.6. The molecule has 0 atom stereocenters. The van der Waals surface area contributed by atoms with Crippen LogP contribution in [0.3, 0.4) is 0 Å². The Bertz CT molecular complexity index is 1060. The van der Waals surface area contributed by atoms with E-state index in [1.165, 1.54) is 0 Å². The molecule has 0 saturated carbocycles. The fraction of sp³-hybridized carbons (Fsp3) is 0.423. The van der Waals surface area contributed by atoms with Gasteiger partial charge in [-0.15, -0.1) is 0 Å². The lowest BCUT2D eigenvalue weighted by atomic mass is 10.0. The van der Waals surface area contributed by atoms with E-state index in [0.717, 1.165) is 24.4 Å². The number of aryl methyl sites for hydroxylation is 1.